The van der Waals surface area contributed by atoms with Crippen LogP contribution in [-0.4, -0.2) is 15.9 Å². The molecule has 0 amide bonds. The van der Waals surface area contributed by atoms with Crippen molar-refractivity contribution in [2.75, 3.05) is 0 Å². The van der Waals surface area contributed by atoms with Gasteiger partial charge in [-0.05, 0) is 91.9 Å². The largest absolute Gasteiger partial charge is 0.469 e. The molecule has 2 N–H and O–H groups in total. The Kier molecular flexibility index (Phi) is 8.71. The van der Waals surface area contributed by atoms with Crippen LogP contribution in [0.2, 0.25) is 0 Å². The molecular weight excluding hydrogens is 431 g/mol. The van der Waals surface area contributed by atoms with Crippen LogP contribution in [0.4, 0.5) is 0 Å². The number of allylic oxidation sites excluding steroid dienone is 6. The monoisotopic (exact) mass is 476 g/mol. The highest BCUT2D eigenvalue weighted by Crippen LogP contribution is 2.59. The zero-order valence-corrected chi connectivity index (χ0v) is 22.2. The Morgan fingerprint density at radius 3 is 2.48 bits per heavy atom. The summed E-state index contributed by atoms with van der Waals surface area (Å²) in [7, 11) is -4.46. The van der Waals surface area contributed by atoms with Gasteiger partial charge in [0.2, 0.25) is 0 Å². The van der Waals surface area contributed by atoms with Crippen LogP contribution < -0.4 is 0 Å². The van der Waals surface area contributed by atoms with Crippen molar-refractivity contribution in [2.45, 2.75) is 92.1 Å². The molecule has 0 saturated heterocycles. The Hall–Kier alpha value is -0.930. The van der Waals surface area contributed by atoms with Crippen LogP contribution in [0.3, 0.4) is 0 Å². The van der Waals surface area contributed by atoms with Crippen molar-refractivity contribution in [3.05, 3.63) is 47.6 Å². The molecule has 0 bridgehead atoms. The SMILES string of the molecule is C=C1CC[C@H](OP(=O)(O)O)CC1=CC=C1CCC[C@@]2(C)C1CC[C@@H]2[C@H](C)/C=C/[C@H](C)C(C)C. The van der Waals surface area contributed by atoms with Crippen LogP contribution in [0.5, 0.6) is 0 Å². The fourth-order valence-corrected chi connectivity index (χ4v) is 7.08. The summed E-state index contributed by atoms with van der Waals surface area (Å²) in [5.74, 6) is 3.25. The van der Waals surface area contributed by atoms with Crippen LogP contribution in [0.1, 0.15) is 86.0 Å². The molecule has 33 heavy (non-hydrogen) atoms. The van der Waals surface area contributed by atoms with Crippen molar-refractivity contribution in [3.8, 4) is 0 Å². The quantitative estimate of drug-likeness (QED) is 0.291. The van der Waals surface area contributed by atoms with Gasteiger partial charge in [0.15, 0.2) is 0 Å². The molecule has 0 aromatic rings. The molecule has 5 heteroatoms. The van der Waals surface area contributed by atoms with Crippen molar-refractivity contribution in [2.24, 2.45) is 35.0 Å². The van der Waals surface area contributed by atoms with Crippen LogP contribution in [0.15, 0.2) is 47.6 Å². The van der Waals surface area contributed by atoms with E-state index in [2.05, 4.69) is 65.5 Å². The van der Waals surface area contributed by atoms with E-state index in [0.29, 0.717) is 41.9 Å². The second kappa shape index (κ2) is 10.8. The van der Waals surface area contributed by atoms with Crippen LogP contribution in [0.25, 0.3) is 0 Å². The van der Waals surface area contributed by atoms with Gasteiger partial charge in [0.25, 0.3) is 0 Å². The third kappa shape index (κ3) is 6.60. The van der Waals surface area contributed by atoms with Gasteiger partial charge in [-0.15, -0.1) is 0 Å². The minimum Gasteiger partial charge on any atom is -0.303 e. The van der Waals surface area contributed by atoms with Gasteiger partial charge in [-0.2, -0.15) is 0 Å². The van der Waals surface area contributed by atoms with Crippen molar-refractivity contribution < 1.29 is 18.9 Å². The van der Waals surface area contributed by atoms with Crippen LogP contribution >= 0.6 is 7.82 Å². The second-order valence-corrected chi connectivity index (χ2v) is 12.6. The van der Waals surface area contributed by atoms with Crippen molar-refractivity contribution in [1.29, 1.82) is 0 Å². The van der Waals surface area contributed by atoms with Crippen molar-refractivity contribution in [1.82, 2.24) is 0 Å². The van der Waals surface area contributed by atoms with E-state index < -0.39 is 13.9 Å². The Morgan fingerprint density at radius 2 is 1.82 bits per heavy atom. The lowest BCUT2D eigenvalue weighted by atomic mass is 9.61. The normalized spacial score (nSPS) is 35.5. The molecule has 3 rings (SSSR count). The standard InChI is InChI=1S/C28H45O4P/c1-19(2)20(3)9-10-22(5)26-15-16-27-23(8-7-17-28(26,27)6)12-13-24-18-25(14-11-21(24)4)32-33(29,30)31/h9-10,12-13,19-20,22,25-27H,4,7-8,11,14-18H2,1-3,5-6H3,(H2,29,30,31)/b10-9+,23-12?,24-13?/t20-,22+,25-,26+,27?,28+/m0/s1. The Morgan fingerprint density at radius 1 is 1.09 bits per heavy atom. The number of hydrogen-bond acceptors (Lipinski definition) is 2. The smallest absolute Gasteiger partial charge is 0.303 e. The molecule has 1 unspecified atom stereocenters. The number of phosphoric ester groups is 1. The topological polar surface area (TPSA) is 66.8 Å². The van der Waals surface area contributed by atoms with Gasteiger partial charge in [-0.3, -0.25) is 4.52 Å². The molecular formula is C28H45O4P. The molecule has 0 heterocycles. The predicted octanol–water partition coefficient (Wildman–Crippen LogP) is 7.76. The first-order valence-electron chi connectivity index (χ1n) is 12.9. The summed E-state index contributed by atoms with van der Waals surface area (Å²) in [6, 6.07) is 0. The third-order valence-corrected chi connectivity index (χ3v) is 9.47. The maximum atomic E-state index is 11.3. The van der Waals surface area contributed by atoms with E-state index in [9.17, 15) is 14.4 Å². The van der Waals surface area contributed by atoms with E-state index >= 15 is 0 Å². The summed E-state index contributed by atoms with van der Waals surface area (Å²) in [6.07, 6.45) is 17.1. The van der Waals surface area contributed by atoms with E-state index in [1.165, 1.54) is 25.7 Å². The molecule has 186 valence electrons. The van der Waals surface area contributed by atoms with E-state index in [4.69, 9.17) is 4.52 Å². The Labute approximate surface area is 201 Å². The van der Waals surface area contributed by atoms with Crippen LogP contribution in [-0.2, 0) is 9.09 Å². The maximum Gasteiger partial charge on any atom is 0.469 e. The number of phosphoric acid groups is 1. The molecule has 6 atom stereocenters. The molecule has 0 spiro atoms. The average Bonchev–Trinajstić information content (AvgIpc) is 3.08. The highest BCUT2D eigenvalue weighted by atomic mass is 31.2. The van der Waals surface area contributed by atoms with Gasteiger partial charge in [0.05, 0.1) is 6.10 Å². The molecule has 3 aliphatic rings. The highest BCUT2D eigenvalue weighted by molar-refractivity contribution is 7.46. The van der Waals surface area contributed by atoms with E-state index in [1.807, 2.05) is 0 Å². The summed E-state index contributed by atoms with van der Waals surface area (Å²) >= 11 is 0. The molecule has 0 aromatic heterocycles. The molecule has 3 fully saturated rings. The zero-order chi connectivity index (χ0) is 24.4. The first kappa shape index (κ1) is 26.7. The van der Waals surface area contributed by atoms with Gasteiger partial charge < -0.3 is 9.79 Å². The first-order chi connectivity index (χ1) is 15.4. The summed E-state index contributed by atoms with van der Waals surface area (Å²) in [5.41, 5.74) is 4.05. The molecule has 0 radical (unpaired) electrons. The zero-order valence-electron chi connectivity index (χ0n) is 21.3. The summed E-state index contributed by atoms with van der Waals surface area (Å²) < 4.78 is 16.3. The maximum absolute atomic E-state index is 11.3. The van der Waals surface area contributed by atoms with Gasteiger partial charge in [-0.1, -0.05) is 76.6 Å². The van der Waals surface area contributed by atoms with E-state index in [1.54, 1.807) is 5.57 Å². The van der Waals surface area contributed by atoms with E-state index in [0.717, 1.165) is 29.9 Å². The second-order valence-electron chi connectivity index (χ2n) is 11.4. The molecule has 0 aromatic carbocycles. The van der Waals surface area contributed by atoms with Gasteiger partial charge in [0.1, 0.15) is 0 Å². The minimum absolute atomic E-state index is 0.350. The van der Waals surface area contributed by atoms with Crippen molar-refractivity contribution >= 4 is 7.82 Å². The van der Waals surface area contributed by atoms with Gasteiger partial charge in [0, 0.05) is 0 Å². The lowest BCUT2D eigenvalue weighted by Crippen LogP contribution is -2.35. The van der Waals surface area contributed by atoms with Gasteiger partial charge in [-0.25, -0.2) is 4.57 Å². The van der Waals surface area contributed by atoms with Crippen molar-refractivity contribution in [3.63, 3.8) is 0 Å². The average molecular weight is 477 g/mol. The predicted molar refractivity (Wildman–Crippen MR) is 137 cm³/mol. The number of rotatable bonds is 7. The van der Waals surface area contributed by atoms with Crippen LogP contribution in [0, 0.1) is 35.0 Å². The summed E-state index contributed by atoms with van der Waals surface area (Å²) in [4.78, 5) is 18.4. The summed E-state index contributed by atoms with van der Waals surface area (Å²) in [5, 5.41) is 0. The molecule has 0 aliphatic heterocycles. The minimum atomic E-state index is -4.46. The lowest BCUT2D eigenvalue weighted by molar-refractivity contribution is 0.112. The summed E-state index contributed by atoms with van der Waals surface area (Å²) in [6.45, 7) is 16.0. The lowest BCUT2D eigenvalue weighted by Gasteiger charge is -2.44. The Balaban J connectivity index is 1.74. The molecule has 3 saturated carbocycles. The van der Waals surface area contributed by atoms with E-state index in [-0.39, 0.29) is 0 Å². The third-order valence-electron chi connectivity index (χ3n) is 8.90. The Bertz CT molecular complexity index is 848. The fourth-order valence-electron chi connectivity index (χ4n) is 6.52. The number of hydrogen-bond donors (Lipinski definition) is 2. The molecule has 3 aliphatic carbocycles. The molecule has 4 nitrogen and oxygen atoms in total. The van der Waals surface area contributed by atoms with Gasteiger partial charge >= 0.3 is 7.82 Å². The number of fused-ring (bicyclic) bond motifs is 1. The fraction of sp³-hybridized carbons (Fsp3) is 0.714. The highest BCUT2D eigenvalue weighted by Gasteiger charge is 2.50. The first-order valence-corrected chi connectivity index (χ1v) is 14.4.